The van der Waals surface area contributed by atoms with Gasteiger partial charge < -0.3 is 9.84 Å². The number of rotatable bonds is 2. The lowest BCUT2D eigenvalue weighted by Crippen LogP contribution is -2.26. The van der Waals surface area contributed by atoms with E-state index >= 15 is 0 Å². The van der Waals surface area contributed by atoms with Crippen molar-refractivity contribution >= 4 is 11.7 Å². The minimum Gasteiger partial charge on any atom is -0.338 e. The molecule has 0 saturated carbocycles. The Bertz CT molecular complexity index is 799. The molecule has 4 heteroatoms. The predicted octanol–water partition coefficient (Wildman–Crippen LogP) is 4.11. The molecule has 0 saturated heterocycles. The van der Waals surface area contributed by atoms with Crippen molar-refractivity contribution in [1.82, 2.24) is 5.16 Å². The minimum absolute atomic E-state index is 0.0637. The molecule has 0 amide bonds. The minimum atomic E-state index is -0.0637. The van der Waals surface area contributed by atoms with Crippen LogP contribution in [0.15, 0.2) is 40.1 Å². The quantitative estimate of drug-likeness (QED) is 0.907. The van der Waals surface area contributed by atoms with E-state index in [1.54, 1.807) is 0 Å². The number of Topliss-reactive ketones (excluding diaryl/α,β-unsaturated/α-hetero) is 1. The summed E-state index contributed by atoms with van der Waals surface area (Å²) in [6.07, 6.45) is 3.43. The summed E-state index contributed by atoms with van der Waals surface area (Å²) < 4.78 is 5.46. The van der Waals surface area contributed by atoms with Gasteiger partial charge in [0.05, 0.1) is 11.3 Å². The Kier molecular flexibility index (Phi) is 3.33. The normalized spacial score (nSPS) is 20.1. The van der Waals surface area contributed by atoms with Crippen LogP contribution >= 0.6 is 0 Å². The number of ketones is 1. The van der Waals surface area contributed by atoms with E-state index in [1.807, 2.05) is 6.92 Å². The van der Waals surface area contributed by atoms with Gasteiger partial charge in [0.15, 0.2) is 5.78 Å². The summed E-state index contributed by atoms with van der Waals surface area (Å²) in [6.45, 7) is 4.09. The third kappa shape index (κ3) is 2.21. The molecule has 0 spiro atoms. The van der Waals surface area contributed by atoms with Crippen molar-refractivity contribution in [3.05, 3.63) is 57.9 Å². The van der Waals surface area contributed by atoms with Crippen LogP contribution < -0.4 is 5.32 Å². The van der Waals surface area contributed by atoms with Crippen LogP contribution in [0.25, 0.3) is 0 Å². The van der Waals surface area contributed by atoms with Gasteiger partial charge in [-0.1, -0.05) is 36.3 Å². The first-order chi connectivity index (χ1) is 11.2. The average molecular weight is 308 g/mol. The number of anilines is 1. The molecule has 1 aromatic carbocycles. The first-order valence-corrected chi connectivity index (χ1v) is 8.27. The molecule has 2 aliphatic rings. The van der Waals surface area contributed by atoms with Crippen LogP contribution in [-0.2, 0) is 11.2 Å². The zero-order valence-electron chi connectivity index (χ0n) is 13.5. The van der Waals surface area contributed by atoms with Gasteiger partial charge in [0, 0.05) is 23.6 Å². The van der Waals surface area contributed by atoms with E-state index in [0.717, 1.165) is 47.4 Å². The monoisotopic (exact) mass is 308 g/mol. The van der Waals surface area contributed by atoms with Crippen molar-refractivity contribution in [1.29, 1.82) is 0 Å². The molecule has 4 nitrogen and oxygen atoms in total. The third-order valence-corrected chi connectivity index (χ3v) is 4.93. The molecule has 118 valence electrons. The van der Waals surface area contributed by atoms with Crippen LogP contribution in [-0.4, -0.2) is 10.9 Å². The van der Waals surface area contributed by atoms with Crippen molar-refractivity contribution in [3.8, 4) is 0 Å². The number of carbonyl (C=O) groups is 1. The smallest absolute Gasteiger partial charge is 0.233 e. The maximum Gasteiger partial charge on any atom is 0.233 e. The van der Waals surface area contributed by atoms with Crippen LogP contribution in [0.4, 0.5) is 5.88 Å². The highest BCUT2D eigenvalue weighted by Crippen LogP contribution is 2.46. The summed E-state index contributed by atoms with van der Waals surface area (Å²) >= 11 is 0. The molecular formula is C19H20N2O2. The average Bonchev–Trinajstić information content (AvgIpc) is 2.94. The SMILES string of the molecule is CCc1ccc([C@H]2C3=C(CCCC3=O)Nc3onc(C)c32)cc1. The van der Waals surface area contributed by atoms with Gasteiger partial charge in [-0.25, -0.2) is 0 Å². The molecule has 0 radical (unpaired) electrons. The fraction of sp³-hybridized carbons (Fsp3) is 0.368. The maximum atomic E-state index is 12.6. The van der Waals surface area contributed by atoms with Gasteiger partial charge in [-0.2, -0.15) is 0 Å². The Morgan fingerprint density at radius 2 is 2.04 bits per heavy atom. The number of hydrogen-bond acceptors (Lipinski definition) is 4. The van der Waals surface area contributed by atoms with Crippen LogP contribution in [0, 0.1) is 6.92 Å². The summed E-state index contributed by atoms with van der Waals surface area (Å²) in [5.74, 6) is 0.876. The lowest BCUT2D eigenvalue weighted by atomic mass is 9.76. The number of aromatic nitrogens is 1. The van der Waals surface area contributed by atoms with Crippen LogP contribution in [0.5, 0.6) is 0 Å². The number of benzene rings is 1. The second kappa shape index (κ2) is 5.37. The Morgan fingerprint density at radius 1 is 1.26 bits per heavy atom. The van der Waals surface area contributed by atoms with Gasteiger partial charge in [-0.05, 0) is 37.3 Å². The largest absolute Gasteiger partial charge is 0.338 e. The molecule has 23 heavy (non-hydrogen) atoms. The Morgan fingerprint density at radius 3 is 2.78 bits per heavy atom. The van der Waals surface area contributed by atoms with Gasteiger partial charge in [0.2, 0.25) is 5.88 Å². The fourth-order valence-corrected chi connectivity index (χ4v) is 3.70. The van der Waals surface area contributed by atoms with Crippen LogP contribution in [0.3, 0.4) is 0 Å². The molecule has 4 rings (SSSR count). The molecule has 1 aliphatic heterocycles. The third-order valence-electron chi connectivity index (χ3n) is 4.93. The topological polar surface area (TPSA) is 55.1 Å². The Hall–Kier alpha value is -2.36. The Balaban J connectivity index is 1.90. The van der Waals surface area contributed by atoms with Gasteiger partial charge in [0.1, 0.15) is 0 Å². The summed E-state index contributed by atoms with van der Waals surface area (Å²) in [6, 6.07) is 8.57. The molecule has 1 aromatic heterocycles. The van der Waals surface area contributed by atoms with Gasteiger partial charge in [0.25, 0.3) is 0 Å². The molecular weight excluding hydrogens is 288 g/mol. The number of fused-ring (bicyclic) bond motifs is 1. The van der Waals surface area contributed by atoms with Crippen molar-refractivity contribution < 1.29 is 9.32 Å². The fourth-order valence-electron chi connectivity index (χ4n) is 3.70. The predicted molar refractivity (Wildman–Crippen MR) is 88.4 cm³/mol. The number of allylic oxidation sites excluding steroid dienone is 2. The summed E-state index contributed by atoms with van der Waals surface area (Å²) in [4.78, 5) is 12.6. The molecule has 0 unspecified atom stereocenters. The van der Waals surface area contributed by atoms with E-state index in [4.69, 9.17) is 4.52 Å². The number of hydrogen-bond donors (Lipinski definition) is 1. The van der Waals surface area contributed by atoms with E-state index in [2.05, 4.69) is 41.7 Å². The molecule has 2 heterocycles. The molecule has 2 aromatic rings. The van der Waals surface area contributed by atoms with Crippen LogP contribution in [0.2, 0.25) is 0 Å². The van der Waals surface area contributed by atoms with Crippen molar-refractivity contribution in [3.63, 3.8) is 0 Å². The van der Waals surface area contributed by atoms with Crippen molar-refractivity contribution in [2.24, 2.45) is 0 Å². The molecule has 1 N–H and O–H groups in total. The van der Waals surface area contributed by atoms with Crippen molar-refractivity contribution in [2.45, 2.75) is 45.4 Å². The summed E-state index contributed by atoms with van der Waals surface area (Å²) in [5, 5.41) is 7.42. The molecule has 0 fully saturated rings. The Labute approximate surface area is 135 Å². The first kappa shape index (κ1) is 14.2. The highest BCUT2D eigenvalue weighted by atomic mass is 16.5. The van der Waals surface area contributed by atoms with E-state index in [0.29, 0.717) is 12.3 Å². The molecule has 1 aliphatic carbocycles. The summed E-state index contributed by atoms with van der Waals surface area (Å²) in [5.41, 5.74) is 6.20. The van der Waals surface area contributed by atoms with E-state index in [1.165, 1.54) is 5.56 Å². The summed E-state index contributed by atoms with van der Waals surface area (Å²) in [7, 11) is 0. The van der Waals surface area contributed by atoms with Crippen LogP contribution in [0.1, 0.15) is 54.5 Å². The van der Waals surface area contributed by atoms with Gasteiger partial charge >= 0.3 is 0 Å². The highest BCUT2D eigenvalue weighted by Gasteiger charge is 2.38. The number of nitrogens with one attached hydrogen (secondary N) is 1. The zero-order chi connectivity index (χ0) is 16.0. The van der Waals surface area contributed by atoms with E-state index < -0.39 is 0 Å². The van der Waals surface area contributed by atoms with E-state index in [-0.39, 0.29) is 11.7 Å². The second-order valence-corrected chi connectivity index (χ2v) is 6.33. The first-order valence-electron chi connectivity index (χ1n) is 8.27. The highest BCUT2D eigenvalue weighted by molar-refractivity contribution is 6.00. The van der Waals surface area contributed by atoms with Gasteiger partial charge in [-0.3, -0.25) is 4.79 Å². The number of aryl methyl sites for hydroxylation is 2. The standard InChI is InChI=1S/C19H20N2O2/c1-3-12-7-9-13(10-8-12)17-16-11(2)21-23-19(16)20-14-5-4-6-15(22)18(14)17/h7-10,17,20H,3-6H2,1-2H3/t17-/m1/s1. The maximum absolute atomic E-state index is 12.6. The second-order valence-electron chi connectivity index (χ2n) is 6.33. The number of carbonyl (C=O) groups excluding carboxylic acids is 1. The van der Waals surface area contributed by atoms with Crippen molar-refractivity contribution in [2.75, 3.05) is 5.32 Å². The van der Waals surface area contributed by atoms with Gasteiger partial charge in [-0.15, -0.1) is 0 Å². The lowest BCUT2D eigenvalue weighted by Gasteiger charge is -2.31. The van der Waals surface area contributed by atoms with E-state index in [9.17, 15) is 4.79 Å². The molecule has 1 atom stereocenters. The molecule has 0 bridgehead atoms. The lowest BCUT2D eigenvalue weighted by molar-refractivity contribution is -0.116. The zero-order valence-corrected chi connectivity index (χ0v) is 13.5. The number of nitrogens with zero attached hydrogens (tertiary/aromatic N) is 1.